The number of nitrogens with zero attached hydrogens (tertiary/aromatic N) is 3. The van der Waals surface area contributed by atoms with Crippen molar-refractivity contribution in [3.05, 3.63) is 53.7 Å². The number of nitrogens with two attached hydrogens (primary N) is 1. The van der Waals surface area contributed by atoms with E-state index in [2.05, 4.69) is 9.97 Å². The van der Waals surface area contributed by atoms with Crippen molar-refractivity contribution in [1.29, 1.82) is 0 Å². The highest BCUT2D eigenvalue weighted by Crippen LogP contribution is 2.14. The summed E-state index contributed by atoms with van der Waals surface area (Å²) in [5.41, 5.74) is 5.76. The molecule has 0 spiro atoms. The van der Waals surface area contributed by atoms with Crippen LogP contribution in [0.1, 0.15) is 16.1 Å². The Morgan fingerprint density at radius 3 is 2.79 bits per heavy atom. The van der Waals surface area contributed by atoms with Crippen molar-refractivity contribution in [2.24, 2.45) is 5.73 Å². The molecule has 2 aromatic rings. The van der Waals surface area contributed by atoms with Crippen LogP contribution in [-0.2, 0) is 6.54 Å². The smallest absolute Gasteiger partial charge is 0.268 e. The van der Waals surface area contributed by atoms with Gasteiger partial charge >= 0.3 is 0 Å². The second-order valence-electron chi connectivity index (χ2n) is 4.07. The molecule has 2 rings (SSSR count). The van der Waals surface area contributed by atoms with Crippen molar-refractivity contribution in [2.75, 3.05) is 11.9 Å². The van der Waals surface area contributed by atoms with Gasteiger partial charge in [0.25, 0.3) is 5.91 Å². The van der Waals surface area contributed by atoms with E-state index in [-0.39, 0.29) is 11.5 Å². The van der Waals surface area contributed by atoms with Crippen molar-refractivity contribution in [3.8, 4) is 0 Å². The lowest BCUT2D eigenvalue weighted by Gasteiger charge is -2.18. The first-order valence-electron chi connectivity index (χ1n) is 5.64. The lowest BCUT2D eigenvalue weighted by atomic mass is 10.2. The highest BCUT2D eigenvalue weighted by atomic mass is 19.1. The van der Waals surface area contributed by atoms with Crippen molar-refractivity contribution in [1.82, 2.24) is 9.97 Å². The van der Waals surface area contributed by atoms with E-state index in [9.17, 15) is 9.18 Å². The molecule has 0 aliphatic heterocycles. The third-order valence-electron chi connectivity index (χ3n) is 2.63. The number of carbonyl (C=O) groups excluding carboxylic acids is 1. The van der Waals surface area contributed by atoms with E-state index in [0.29, 0.717) is 17.9 Å². The average Bonchev–Trinajstić information content (AvgIpc) is 2.41. The lowest BCUT2D eigenvalue weighted by Crippen LogP contribution is -2.21. The summed E-state index contributed by atoms with van der Waals surface area (Å²) in [5.74, 6) is -0.471. The number of halogens is 1. The Labute approximate surface area is 109 Å². The minimum absolute atomic E-state index is 0.0814. The summed E-state index contributed by atoms with van der Waals surface area (Å²) < 4.78 is 13.5. The van der Waals surface area contributed by atoms with E-state index in [4.69, 9.17) is 5.73 Å². The third-order valence-corrected chi connectivity index (χ3v) is 2.63. The van der Waals surface area contributed by atoms with Gasteiger partial charge in [-0.05, 0) is 6.07 Å². The Kier molecular flexibility index (Phi) is 3.70. The fourth-order valence-electron chi connectivity index (χ4n) is 1.62. The first-order chi connectivity index (χ1) is 9.08. The van der Waals surface area contributed by atoms with Crippen molar-refractivity contribution in [2.45, 2.75) is 6.54 Å². The fraction of sp³-hybridized carbons (Fsp3) is 0.154. The number of hydrogen-bond acceptors (Lipinski definition) is 4. The Morgan fingerprint density at radius 2 is 2.11 bits per heavy atom. The zero-order chi connectivity index (χ0) is 13.8. The normalized spacial score (nSPS) is 10.2. The number of rotatable bonds is 4. The van der Waals surface area contributed by atoms with E-state index in [1.807, 2.05) is 0 Å². The predicted octanol–water partition coefficient (Wildman–Crippen LogP) is 1.35. The standard InChI is InChI=1S/C13H13FN4O/c1-18(8-9-4-2-3-5-10(9)14)12-7-16-6-11(17-12)13(15)19/h2-7H,8H2,1H3,(H2,15,19). The summed E-state index contributed by atoms with van der Waals surface area (Å²) in [6.45, 7) is 0.323. The van der Waals surface area contributed by atoms with Crippen LogP contribution in [0.2, 0.25) is 0 Å². The van der Waals surface area contributed by atoms with Gasteiger partial charge in [-0.3, -0.25) is 9.78 Å². The lowest BCUT2D eigenvalue weighted by molar-refractivity contribution is 0.0995. The van der Waals surface area contributed by atoms with E-state index >= 15 is 0 Å². The van der Waals surface area contributed by atoms with Gasteiger partial charge in [-0.25, -0.2) is 9.37 Å². The molecule has 1 aromatic heterocycles. The van der Waals surface area contributed by atoms with Gasteiger partial charge in [-0.2, -0.15) is 0 Å². The van der Waals surface area contributed by atoms with Crippen LogP contribution < -0.4 is 10.6 Å². The maximum absolute atomic E-state index is 13.5. The maximum atomic E-state index is 13.5. The van der Waals surface area contributed by atoms with Crippen LogP contribution in [0, 0.1) is 5.82 Å². The molecule has 0 aliphatic rings. The highest BCUT2D eigenvalue weighted by molar-refractivity contribution is 5.90. The van der Waals surface area contributed by atoms with Gasteiger partial charge in [0.05, 0.1) is 12.4 Å². The van der Waals surface area contributed by atoms with Gasteiger partial charge in [-0.1, -0.05) is 18.2 Å². The summed E-state index contributed by atoms with van der Waals surface area (Å²) in [7, 11) is 1.74. The van der Waals surface area contributed by atoms with Gasteiger partial charge in [0.1, 0.15) is 17.3 Å². The molecule has 2 N–H and O–H groups in total. The summed E-state index contributed by atoms with van der Waals surface area (Å²) in [5, 5.41) is 0. The number of anilines is 1. The minimum atomic E-state index is -0.645. The summed E-state index contributed by atoms with van der Waals surface area (Å²) in [4.78, 5) is 20.7. The number of amides is 1. The second kappa shape index (κ2) is 5.43. The molecule has 1 amide bonds. The van der Waals surface area contributed by atoms with Crippen LogP contribution in [0.15, 0.2) is 36.7 Å². The van der Waals surface area contributed by atoms with Crippen LogP contribution in [-0.4, -0.2) is 22.9 Å². The molecule has 19 heavy (non-hydrogen) atoms. The summed E-state index contributed by atoms with van der Waals surface area (Å²) in [6, 6.07) is 6.48. The zero-order valence-corrected chi connectivity index (χ0v) is 10.4. The molecule has 0 fully saturated rings. The molecule has 0 unspecified atom stereocenters. The summed E-state index contributed by atoms with van der Waals surface area (Å²) in [6.07, 6.45) is 2.79. The molecule has 0 bridgehead atoms. The molecule has 5 nitrogen and oxygen atoms in total. The Bertz CT molecular complexity index is 603. The molecule has 6 heteroatoms. The fourth-order valence-corrected chi connectivity index (χ4v) is 1.62. The van der Waals surface area contributed by atoms with E-state index in [1.54, 1.807) is 30.1 Å². The highest BCUT2D eigenvalue weighted by Gasteiger charge is 2.10. The molecule has 0 aliphatic carbocycles. The third kappa shape index (κ3) is 3.04. The molecule has 0 saturated carbocycles. The van der Waals surface area contributed by atoms with Crippen LogP contribution in [0.5, 0.6) is 0 Å². The molecular formula is C13H13FN4O. The van der Waals surface area contributed by atoms with Crippen molar-refractivity contribution >= 4 is 11.7 Å². The molecular weight excluding hydrogens is 247 g/mol. The Morgan fingerprint density at radius 1 is 1.37 bits per heavy atom. The molecule has 0 atom stereocenters. The quantitative estimate of drug-likeness (QED) is 0.900. The maximum Gasteiger partial charge on any atom is 0.268 e. The van der Waals surface area contributed by atoms with Crippen molar-refractivity contribution in [3.63, 3.8) is 0 Å². The van der Waals surface area contributed by atoms with E-state index in [0.717, 1.165) is 0 Å². The molecule has 0 radical (unpaired) electrons. The van der Waals surface area contributed by atoms with Gasteiger partial charge in [0.2, 0.25) is 0 Å². The van der Waals surface area contributed by atoms with Crippen LogP contribution in [0.3, 0.4) is 0 Å². The number of benzene rings is 1. The van der Waals surface area contributed by atoms with Crippen LogP contribution in [0.4, 0.5) is 10.2 Å². The van der Waals surface area contributed by atoms with Gasteiger partial charge in [-0.15, -0.1) is 0 Å². The van der Waals surface area contributed by atoms with Gasteiger partial charge < -0.3 is 10.6 Å². The molecule has 1 heterocycles. The van der Waals surface area contributed by atoms with E-state index < -0.39 is 5.91 Å². The predicted molar refractivity (Wildman–Crippen MR) is 69.1 cm³/mol. The molecule has 98 valence electrons. The number of aromatic nitrogens is 2. The van der Waals surface area contributed by atoms with Crippen LogP contribution in [0.25, 0.3) is 0 Å². The van der Waals surface area contributed by atoms with Crippen molar-refractivity contribution < 1.29 is 9.18 Å². The first kappa shape index (κ1) is 12.9. The SMILES string of the molecule is CN(Cc1ccccc1F)c1cncc(C(N)=O)n1. The Balaban J connectivity index is 2.20. The molecule has 0 saturated heterocycles. The molecule has 1 aromatic carbocycles. The number of hydrogen-bond donors (Lipinski definition) is 1. The topological polar surface area (TPSA) is 72.1 Å². The monoisotopic (exact) mass is 260 g/mol. The minimum Gasteiger partial charge on any atom is -0.364 e. The van der Waals surface area contributed by atoms with E-state index in [1.165, 1.54) is 18.5 Å². The van der Waals surface area contributed by atoms with Gasteiger partial charge in [0, 0.05) is 19.2 Å². The summed E-state index contributed by atoms with van der Waals surface area (Å²) >= 11 is 0. The average molecular weight is 260 g/mol. The van der Waals surface area contributed by atoms with Crippen LogP contribution >= 0.6 is 0 Å². The number of carbonyl (C=O) groups is 1. The van der Waals surface area contributed by atoms with Gasteiger partial charge in [0.15, 0.2) is 0 Å². The largest absolute Gasteiger partial charge is 0.364 e. The Hall–Kier alpha value is -2.50. The second-order valence-corrected chi connectivity index (χ2v) is 4.07. The zero-order valence-electron chi connectivity index (χ0n) is 10.4. The number of primary amides is 1. The first-order valence-corrected chi connectivity index (χ1v) is 5.64.